The topological polar surface area (TPSA) is 52.6 Å². The molecule has 3 rings (SSSR count). The number of carbonyl (C=O) groups excluding carboxylic acids is 1. The minimum atomic E-state index is -3.77. The molecule has 120 valence electrons. The average molecular weight is 310 g/mol. The molecule has 1 aromatic carbocycles. The van der Waals surface area contributed by atoms with E-state index >= 15 is 0 Å². The Morgan fingerprint density at radius 1 is 1.18 bits per heavy atom. The van der Waals surface area contributed by atoms with E-state index in [1.54, 1.807) is 12.1 Å². The van der Waals surface area contributed by atoms with Gasteiger partial charge >= 0.3 is 5.92 Å². The van der Waals surface area contributed by atoms with Gasteiger partial charge in [0.05, 0.1) is 11.4 Å². The van der Waals surface area contributed by atoms with Crippen molar-refractivity contribution in [1.82, 2.24) is 0 Å². The summed E-state index contributed by atoms with van der Waals surface area (Å²) in [6.45, 7) is 1.71. The van der Waals surface area contributed by atoms with Crippen molar-refractivity contribution in [3.8, 4) is 0 Å². The zero-order chi connectivity index (χ0) is 15.8. The lowest BCUT2D eigenvalue weighted by molar-refractivity contribution is -0.212. The number of halogens is 2. The van der Waals surface area contributed by atoms with E-state index in [4.69, 9.17) is 0 Å². The monoisotopic (exact) mass is 310 g/mol. The second-order valence-electron chi connectivity index (χ2n) is 6.12. The minimum Gasteiger partial charge on any atom is -0.383 e. The first-order valence-electron chi connectivity index (χ1n) is 7.70. The van der Waals surface area contributed by atoms with Crippen LogP contribution in [-0.4, -0.2) is 35.6 Å². The van der Waals surface area contributed by atoms with Crippen LogP contribution in [0.25, 0.3) is 0 Å². The fourth-order valence-electron chi connectivity index (χ4n) is 3.05. The highest BCUT2D eigenvalue weighted by molar-refractivity contribution is 5.99. The van der Waals surface area contributed by atoms with E-state index < -0.39 is 17.4 Å². The van der Waals surface area contributed by atoms with Crippen LogP contribution < -0.4 is 10.2 Å². The number of amides is 1. The number of anilines is 2. The molecule has 0 spiro atoms. The largest absolute Gasteiger partial charge is 0.383 e. The number of benzene rings is 1. The fraction of sp³-hybridized carbons (Fsp3) is 0.562. The lowest BCUT2D eigenvalue weighted by Crippen LogP contribution is -2.59. The molecule has 0 aromatic heterocycles. The molecular formula is C16H20F2N2O2. The molecule has 22 heavy (non-hydrogen) atoms. The van der Waals surface area contributed by atoms with Gasteiger partial charge in [0.2, 0.25) is 0 Å². The summed E-state index contributed by atoms with van der Waals surface area (Å²) in [5.41, 5.74) is -1.07. The number of aliphatic hydroxyl groups is 1. The first-order chi connectivity index (χ1) is 10.4. The molecule has 6 heteroatoms. The Hall–Kier alpha value is -1.69. The third-order valence-electron chi connectivity index (χ3n) is 4.65. The predicted molar refractivity (Wildman–Crippen MR) is 80.3 cm³/mol. The molecule has 1 saturated carbocycles. The summed E-state index contributed by atoms with van der Waals surface area (Å²) in [4.78, 5) is 14.1. The number of rotatable bonds is 4. The molecule has 1 heterocycles. The average Bonchev–Trinajstić information content (AvgIpc) is 2.99. The molecule has 2 aliphatic rings. The Kier molecular flexibility index (Phi) is 3.80. The van der Waals surface area contributed by atoms with Gasteiger partial charge in [0.15, 0.2) is 0 Å². The molecular weight excluding hydrogens is 290 g/mol. The molecule has 0 atom stereocenters. The van der Waals surface area contributed by atoms with Crippen molar-refractivity contribution in [1.29, 1.82) is 0 Å². The van der Waals surface area contributed by atoms with Crippen LogP contribution in [0.1, 0.15) is 32.1 Å². The second-order valence-corrected chi connectivity index (χ2v) is 6.12. The number of nitrogens with zero attached hydrogens (tertiary/aromatic N) is 1. The van der Waals surface area contributed by atoms with Crippen LogP contribution in [0.2, 0.25) is 0 Å². The van der Waals surface area contributed by atoms with E-state index in [9.17, 15) is 18.7 Å². The maximum absolute atomic E-state index is 14.2. The number of hydrogen-bond donors (Lipinski definition) is 2. The van der Waals surface area contributed by atoms with Crippen molar-refractivity contribution >= 4 is 17.3 Å². The van der Waals surface area contributed by atoms with Gasteiger partial charge < -0.3 is 15.3 Å². The molecule has 1 saturated heterocycles. The third kappa shape index (κ3) is 2.45. The van der Waals surface area contributed by atoms with E-state index in [1.807, 2.05) is 12.1 Å². The molecule has 4 nitrogen and oxygen atoms in total. The summed E-state index contributed by atoms with van der Waals surface area (Å²) in [6, 6.07) is 6.95. The van der Waals surface area contributed by atoms with Crippen molar-refractivity contribution < 1.29 is 18.7 Å². The van der Waals surface area contributed by atoms with Crippen LogP contribution >= 0.6 is 0 Å². The molecule has 0 bridgehead atoms. The molecule has 2 N–H and O–H groups in total. The summed E-state index contributed by atoms with van der Waals surface area (Å²) >= 11 is 0. The zero-order valence-corrected chi connectivity index (χ0v) is 12.3. The number of carbonyl (C=O) groups is 1. The quantitative estimate of drug-likeness (QED) is 0.899. The Bertz CT molecular complexity index is 567. The highest BCUT2D eigenvalue weighted by atomic mass is 19.3. The molecule has 0 unspecified atom stereocenters. The highest BCUT2D eigenvalue weighted by Crippen LogP contribution is 2.45. The lowest BCUT2D eigenvalue weighted by Gasteiger charge is -2.41. The second kappa shape index (κ2) is 5.50. The van der Waals surface area contributed by atoms with Gasteiger partial charge in [-0.05, 0) is 44.2 Å². The van der Waals surface area contributed by atoms with Gasteiger partial charge in [-0.3, -0.25) is 4.79 Å². The van der Waals surface area contributed by atoms with E-state index in [0.717, 1.165) is 31.6 Å². The number of hydrogen-bond acceptors (Lipinski definition) is 3. The van der Waals surface area contributed by atoms with Gasteiger partial charge in [-0.25, -0.2) is 0 Å². The van der Waals surface area contributed by atoms with Crippen molar-refractivity contribution in [2.75, 3.05) is 23.3 Å². The zero-order valence-electron chi connectivity index (χ0n) is 12.3. The highest BCUT2D eigenvalue weighted by Gasteiger charge is 2.61. The van der Waals surface area contributed by atoms with E-state index in [0.29, 0.717) is 12.1 Å². The number of para-hydroxylation sites is 2. The van der Waals surface area contributed by atoms with Gasteiger partial charge in [-0.15, -0.1) is 0 Å². The summed E-state index contributed by atoms with van der Waals surface area (Å²) in [6.07, 6.45) is 2.54. The van der Waals surface area contributed by atoms with Crippen LogP contribution in [0.3, 0.4) is 0 Å². The summed E-state index contributed by atoms with van der Waals surface area (Å²) < 4.78 is 28.3. The molecule has 2 fully saturated rings. The predicted octanol–water partition coefficient (Wildman–Crippen LogP) is 2.78. The smallest absolute Gasteiger partial charge is 0.352 e. The normalized spacial score (nSPS) is 20.6. The van der Waals surface area contributed by atoms with Gasteiger partial charge in [0.1, 0.15) is 5.60 Å². The molecule has 1 aromatic rings. The van der Waals surface area contributed by atoms with Crippen molar-refractivity contribution in [3.63, 3.8) is 0 Å². The van der Waals surface area contributed by atoms with Gasteiger partial charge in [-0.1, -0.05) is 12.1 Å². The molecule has 1 amide bonds. The molecule has 1 aliphatic carbocycles. The van der Waals surface area contributed by atoms with Gasteiger partial charge in [-0.2, -0.15) is 8.78 Å². The van der Waals surface area contributed by atoms with Crippen LogP contribution in [0.5, 0.6) is 0 Å². The first-order valence-corrected chi connectivity index (χ1v) is 7.70. The maximum Gasteiger partial charge on any atom is 0.352 e. The third-order valence-corrected chi connectivity index (χ3v) is 4.65. The van der Waals surface area contributed by atoms with Crippen LogP contribution in [-0.2, 0) is 4.79 Å². The Morgan fingerprint density at radius 2 is 1.82 bits per heavy atom. The first kappa shape index (κ1) is 15.2. The van der Waals surface area contributed by atoms with Gasteiger partial charge in [0.25, 0.3) is 5.91 Å². The molecule has 1 aliphatic heterocycles. The van der Waals surface area contributed by atoms with E-state index in [-0.39, 0.29) is 12.8 Å². The Morgan fingerprint density at radius 3 is 2.41 bits per heavy atom. The maximum atomic E-state index is 14.2. The summed E-state index contributed by atoms with van der Waals surface area (Å²) in [7, 11) is 0. The lowest BCUT2D eigenvalue weighted by atomic mass is 9.75. The van der Waals surface area contributed by atoms with Crippen LogP contribution in [0.15, 0.2) is 24.3 Å². The SMILES string of the molecule is O=C(Nc1ccccc1N1CCCC1)C(F)(F)C1(O)CCC1. The van der Waals surface area contributed by atoms with E-state index in [1.165, 1.54) is 0 Å². The summed E-state index contributed by atoms with van der Waals surface area (Å²) in [5.74, 6) is -5.20. The van der Waals surface area contributed by atoms with Crippen molar-refractivity contribution in [3.05, 3.63) is 24.3 Å². The standard InChI is InChI=1S/C16H20F2N2O2/c17-16(18,15(22)8-5-9-15)14(21)19-12-6-1-2-7-13(12)20-10-3-4-11-20/h1-2,6-7,22H,3-5,8-11H2,(H,19,21). The minimum absolute atomic E-state index is 0.0405. The van der Waals surface area contributed by atoms with Crippen molar-refractivity contribution in [2.45, 2.75) is 43.6 Å². The summed E-state index contributed by atoms with van der Waals surface area (Å²) in [5, 5.41) is 12.2. The van der Waals surface area contributed by atoms with Crippen molar-refractivity contribution in [2.24, 2.45) is 0 Å². The number of nitrogens with one attached hydrogen (secondary N) is 1. The Labute approximate surface area is 128 Å². The molecule has 0 radical (unpaired) electrons. The Balaban J connectivity index is 1.79. The number of alkyl halides is 2. The van der Waals surface area contributed by atoms with E-state index in [2.05, 4.69) is 10.2 Å². The van der Waals surface area contributed by atoms with Crippen LogP contribution in [0.4, 0.5) is 20.2 Å². The van der Waals surface area contributed by atoms with Gasteiger partial charge in [0, 0.05) is 13.1 Å². The van der Waals surface area contributed by atoms with Crippen LogP contribution in [0, 0.1) is 0 Å². The fourth-order valence-corrected chi connectivity index (χ4v) is 3.05.